The molecular weight excluding hydrogens is 341 g/mol. The van der Waals surface area contributed by atoms with E-state index in [0.29, 0.717) is 17.8 Å². The molecule has 0 spiro atoms. The van der Waals surface area contributed by atoms with Gasteiger partial charge in [0.25, 0.3) is 5.91 Å². The second-order valence-corrected chi connectivity index (χ2v) is 6.12. The third-order valence-electron chi connectivity index (χ3n) is 3.20. The molecule has 0 aliphatic rings. The number of aromatic nitrogens is 1. The lowest BCUT2D eigenvalue weighted by atomic mass is 10.1. The van der Waals surface area contributed by atoms with Crippen LogP contribution in [0.2, 0.25) is 0 Å². The van der Waals surface area contributed by atoms with E-state index in [-0.39, 0.29) is 30.7 Å². The molecule has 1 amide bonds. The minimum atomic E-state index is -0.0835. The Hall–Kier alpha value is -1.30. The maximum Gasteiger partial charge on any atom is 0.251 e. The zero-order valence-electron chi connectivity index (χ0n) is 12.8. The van der Waals surface area contributed by atoms with Gasteiger partial charge in [0.15, 0.2) is 0 Å². The molecule has 1 aromatic carbocycles. The predicted molar refractivity (Wildman–Crippen MR) is 97.7 cm³/mol. The summed E-state index contributed by atoms with van der Waals surface area (Å²) >= 11 is 1.69. The highest BCUT2D eigenvalue weighted by Crippen LogP contribution is 2.16. The smallest absolute Gasteiger partial charge is 0.251 e. The average Bonchev–Trinajstić information content (AvgIpc) is 2.71. The first-order valence-electron chi connectivity index (χ1n) is 6.54. The molecule has 0 aliphatic carbocycles. The molecule has 2 rings (SSSR count). The van der Waals surface area contributed by atoms with Gasteiger partial charge in [0.05, 0.1) is 10.7 Å². The minimum absolute atomic E-state index is 0. The average molecular weight is 362 g/mol. The second-order valence-electron chi connectivity index (χ2n) is 4.83. The van der Waals surface area contributed by atoms with E-state index in [1.54, 1.807) is 23.5 Å². The first-order valence-corrected chi connectivity index (χ1v) is 7.36. The van der Waals surface area contributed by atoms with Crippen LogP contribution >= 0.6 is 36.2 Å². The van der Waals surface area contributed by atoms with Gasteiger partial charge in [-0.05, 0) is 38.5 Å². The van der Waals surface area contributed by atoms with Crippen LogP contribution < -0.4 is 11.1 Å². The van der Waals surface area contributed by atoms with Crippen LogP contribution in [0.3, 0.4) is 0 Å². The van der Waals surface area contributed by atoms with E-state index in [4.69, 9.17) is 5.73 Å². The predicted octanol–water partition coefficient (Wildman–Crippen LogP) is 3.47. The summed E-state index contributed by atoms with van der Waals surface area (Å²) in [6.45, 7) is 6.55. The molecule has 1 heterocycles. The van der Waals surface area contributed by atoms with E-state index < -0.39 is 0 Å². The molecule has 7 heteroatoms. The number of nitrogen functional groups attached to an aromatic ring is 1. The van der Waals surface area contributed by atoms with Crippen molar-refractivity contribution in [1.29, 1.82) is 0 Å². The molecule has 3 N–H and O–H groups in total. The first-order chi connectivity index (χ1) is 9.47. The number of anilines is 1. The third-order valence-corrected chi connectivity index (χ3v) is 4.34. The lowest BCUT2D eigenvalue weighted by Crippen LogP contribution is -2.26. The van der Waals surface area contributed by atoms with Gasteiger partial charge in [-0.1, -0.05) is 6.07 Å². The van der Waals surface area contributed by atoms with Gasteiger partial charge in [0, 0.05) is 29.1 Å². The van der Waals surface area contributed by atoms with Crippen LogP contribution in [-0.2, 0) is 6.42 Å². The highest BCUT2D eigenvalue weighted by molar-refractivity contribution is 7.11. The van der Waals surface area contributed by atoms with Crippen LogP contribution in [-0.4, -0.2) is 17.4 Å². The Kier molecular flexibility index (Phi) is 8.45. The summed E-state index contributed by atoms with van der Waals surface area (Å²) in [5.74, 6) is -0.0835. The van der Waals surface area contributed by atoms with Crippen molar-refractivity contribution in [1.82, 2.24) is 10.3 Å². The number of thiazole rings is 1. The van der Waals surface area contributed by atoms with Crippen LogP contribution in [0.5, 0.6) is 0 Å². The summed E-state index contributed by atoms with van der Waals surface area (Å²) in [5.41, 5.74) is 8.96. The summed E-state index contributed by atoms with van der Waals surface area (Å²) in [6.07, 6.45) is 0.756. The molecule has 2 aromatic rings. The molecule has 0 saturated carbocycles. The number of carbonyl (C=O) groups excluding carboxylic acids is 1. The number of nitrogens with two attached hydrogens (primary N) is 1. The van der Waals surface area contributed by atoms with Gasteiger partial charge in [-0.2, -0.15) is 0 Å². The Morgan fingerprint density at radius 2 is 1.95 bits per heavy atom. The van der Waals surface area contributed by atoms with Crippen LogP contribution in [0.1, 0.15) is 31.5 Å². The SMILES string of the molecule is Cc1ccc(N)cc1C(=O)NCCc1nc(C)c(C)s1.Cl.Cl. The van der Waals surface area contributed by atoms with Gasteiger partial charge in [0.1, 0.15) is 0 Å². The van der Waals surface area contributed by atoms with Crippen LogP contribution in [0.4, 0.5) is 5.69 Å². The Balaban J connectivity index is 0.00000220. The number of carbonyl (C=O) groups is 1. The number of hydrogen-bond donors (Lipinski definition) is 2. The van der Waals surface area contributed by atoms with Gasteiger partial charge in [-0.3, -0.25) is 4.79 Å². The second kappa shape index (κ2) is 8.98. The fourth-order valence-electron chi connectivity index (χ4n) is 1.91. The standard InChI is InChI=1S/C15H19N3OS.2ClH/c1-9-4-5-12(16)8-13(9)15(19)17-7-6-14-18-10(2)11(3)20-14;;/h4-5,8H,6-7,16H2,1-3H3,(H,17,19);2*1H. The van der Waals surface area contributed by atoms with E-state index >= 15 is 0 Å². The number of halogens is 2. The van der Waals surface area contributed by atoms with Gasteiger partial charge in [-0.25, -0.2) is 4.98 Å². The Labute approximate surface area is 147 Å². The van der Waals surface area contributed by atoms with E-state index in [0.717, 1.165) is 22.7 Å². The number of nitrogens with zero attached hydrogens (tertiary/aromatic N) is 1. The van der Waals surface area contributed by atoms with Gasteiger partial charge < -0.3 is 11.1 Å². The van der Waals surface area contributed by atoms with Crippen molar-refractivity contribution in [2.75, 3.05) is 12.3 Å². The van der Waals surface area contributed by atoms with Gasteiger partial charge in [0.2, 0.25) is 0 Å². The molecule has 0 atom stereocenters. The molecule has 0 bridgehead atoms. The molecule has 0 aliphatic heterocycles. The Bertz CT molecular complexity index is 624. The van der Waals surface area contributed by atoms with Crippen molar-refractivity contribution in [2.45, 2.75) is 27.2 Å². The highest BCUT2D eigenvalue weighted by Gasteiger charge is 2.09. The fraction of sp³-hybridized carbons (Fsp3) is 0.333. The van der Waals surface area contributed by atoms with E-state index in [1.807, 2.05) is 19.9 Å². The quantitative estimate of drug-likeness (QED) is 0.819. The van der Waals surface area contributed by atoms with Crippen molar-refractivity contribution >= 4 is 47.7 Å². The molecule has 0 radical (unpaired) electrons. The number of benzene rings is 1. The zero-order valence-corrected chi connectivity index (χ0v) is 15.3. The lowest BCUT2D eigenvalue weighted by Gasteiger charge is -2.07. The summed E-state index contributed by atoms with van der Waals surface area (Å²) in [6, 6.07) is 5.37. The molecule has 0 unspecified atom stereocenters. The van der Waals surface area contributed by atoms with E-state index in [2.05, 4.69) is 17.2 Å². The number of hydrogen-bond acceptors (Lipinski definition) is 4. The topological polar surface area (TPSA) is 68.0 Å². The lowest BCUT2D eigenvalue weighted by molar-refractivity contribution is 0.0953. The monoisotopic (exact) mass is 361 g/mol. The van der Waals surface area contributed by atoms with Crippen LogP contribution in [0, 0.1) is 20.8 Å². The van der Waals surface area contributed by atoms with Crippen molar-refractivity contribution in [3.8, 4) is 0 Å². The van der Waals surface area contributed by atoms with Crippen molar-refractivity contribution < 1.29 is 4.79 Å². The zero-order chi connectivity index (χ0) is 14.7. The van der Waals surface area contributed by atoms with Crippen molar-refractivity contribution in [3.05, 3.63) is 44.9 Å². The maximum atomic E-state index is 12.1. The van der Waals surface area contributed by atoms with Crippen molar-refractivity contribution in [3.63, 3.8) is 0 Å². The van der Waals surface area contributed by atoms with Crippen LogP contribution in [0.15, 0.2) is 18.2 Å². The molecule has 22 heavy (non-hydrogen) atoms. The molecule has 4 nitrogen and oxygen atoms in total. The summed E-state index contributed by atoms with van der Waals surface area (Å²) < 4.78 is 0. The van der Waals surface area contributed by atoms with E-state index in [9.17, 15) is 4.79 Å². The Morgan fingerprint density at radius 1 is 1.27 bits per heavy atom. The highest BCUT2D eigenvalue weighted by atomic mass is 35.5. The molecule has 0 fully saturated rings. The molecule has 0 saturated heterocycles. The van der Waals surface area contributed by atoms with E-state index in [1.165, 1.54) is 4.88 Å². The first kappa shape index (κ1) is 20.7. The number of nitrogens with one attached hydrogen (secondary N) is 1. The summed E-state index contributed by atoms with van der Waals surface area (Å²) in [4.78, 5) is 17.8. The van der Waals surface area contributed by atoms with Gasteiger partial charge in [-0.15, -0.1) is 36.2 Å². The summed E-state index contributed by atoms with van der Waals surface area (Å²) in [7, 11) is 0. The number of aryl methyl sites for hydroxylation is 3. The molecule has 1 aromatic heterocycles. The number of amides is 1. The Morgan fingerprint density at radius 3 is 2.55 bits per heavy atom. The van der Waals surface area contributed by atoms with Gasteiger partial charge >= 0.3 is 0 Å². The normalized spacial score (nSPS) is 9.59. The van der Waals surface area contributed by atoms with Crippen molar-refractivity contribution in [2.24, 2.45) is 0 Å². The third kappa shape index (κ3) is 5.16. The molecule has 122 valence electrons. The maximum absolute atomic E-state index is 12.1. The molecular formula is C15H21Cl2N3OS. The number of rotatable bonds is 4. The van der Waals surface area contributed by atoms with Crippen LogP contribution in [0.25, 0.3) is 0 Å². The fourth-order valence-corrected chi connectivity index (χ4v) is 2.84. The summed E-state index contributed by atoms with van der Waals surface area (Å²) in [5, 5.41) is 3.98. The minimum Gasteiger partial charge on any atom is -0.399 e. The largest absolute Gasteiger partial charge is 0.399 e.